The molecule has 38 heavy (non-hydrogen) atoms. The van der Waals surface area contributed by atoms with Crippen LogP contribution in [-0.2, 0) is 27.0 Å². The number of thioether (sulfide) groups is 1. The van der Waals surface area contributed by atoms with Crippen LogP contribution in [0.5, 0.6) is 0 Å². The second-order valence-electron chi connectivity index (χ2n) is 9.17. The molecule has 2 heterocycles. The zero-order chi connectivity index (χ0) is 27.2. The number of hydrogen-bond donors (Lipinski definition) is 0. The third kappa shape index (κ3) is 4.58. The van der Waals surface area contributed by atoms with Crippen molar-refractivity contribution in [1.82, 2.24) is 14.7 Å². The minimum absolute atomic E-state index is 0.00843. The lowest BCUT2D eigenvalue weighted by molar-refractivity contribution is -0.156. The van der Waals surface area contributed by atoms with Crippen LogP contribution in [0.4, 0.5) is 18.0 Å². The van der Waals surface area contributed by atoms with E-state index in [1.54, 1.807) is 24.3 Å². The molecule has 7 nitrogen and oxygen atoms in total. The molecule has 2 aromatic carbocycles. The van der Waals surface area contributed by atoms with Gasteiger partial charge in [-0.05, 0) is 66.1 Å². The molecule has 0 unspecified atom stereocenters. The maximum absolute atomic E-state index is 13.5. The van der Waals surface area contributed by atoms with Crippen LogP contribution in [0.2, 0.25) is 5.02 Å². The highest BCUT2D eigenvalue weighted by Crippen LogP contribution is 2.44. The number of ether oxygens (including phenoxy) is 1. The average molecular weight is 564 g/mol. The minimum atomic E-state index is -4.57. The molecule has 0 bridgehead atoms. The zero-order valence-electron chi connectivity index (χ0n) is 20.0. The molecule has 3 aromatic rings. The van der Waals surface area contributed by atoms with Gasteiger partial charge in [0.05, 0.1) is 35.8 Å². The first-order chi connectivity index (χ1) is 18.0. The number of methoxy groups -OCH3 is 1. The Morgan fingerprint density at radius 1 is 1.18 bits per heavy atom. The standard InChI is InChI=1S/C26H21ClF3N3O4S/c1-37-23(35)25(8-2-3-9-25)33-22(34)21(38-24(33)36)11-15-4-7-20-17(10-15)13-31-32(20)14-16-5-6-18(27)12-19(16)26(28,29)30/h4-7,10-13H,2-3,8-9,14H2,1H3/b21-11-. The van der Waals surface area contributed by atoms with Crippen molar-refractivity contribution in [3.05, 3.63) is 69.2 Å². The van der Waals surface area contributed by atoms with Crippen molar-refractivity contribution < 1.29 is 32.3 Å². The Morgan fingerprint density at radius 3 is 2.61 bits per heavy atom. The predicted octanol–water partition coefficient (Wildman–Crippen LogP) is 6.28. The number of nitrogens with zero attached hydrogens (tertiary/aromatic N) is 3. The molecule has 1 saturated heterocycles. The monoisotopic (exact) mass is 563 g/mol. The van der Waals surface area contributed by atoms with E-state index in [-0.39, 0.29) is 22.0 Å². The van der Waals surface area contributed by atoms with E-state index in [4.69, 9.17) is 16.3 Å². The number of fused-ring (bicyclic) bond motifs is 1. The number of rotatable bonds is 5. The first-order valence-electron chi connectivity index (χ1n) is 11.7. The van der Waals surface area contributed by atoms with Gasteiger partial charge in [0.1, 0.15) is 5.54 Å². The van der Waals surface area contributed by atoms with Crippen LogP contribution in [0.15, 0.2) is 47.5 Å². The highest BCUT2D eigenvalue weighted by Gasteiger charge is 2.55. The Balaban J connectivity index is 1.43. The first kappa shape index (κ1) is 26.3. The summed E-state index contributed by atoms with van der Waals surface area (Å²) in [7, 11) is 1.24. The molecule has 0 spiro atoms. The van der Waals surface area contributed by atoms with Crippen LogP contribution >= 0.6 is 23.4 Å². The maximum Gasteiger partial charge on any atom is 0.416 e. The minimum Gasteiger partial charge on any atom is -0.467 e. The van der Waals surface area contributed by atoms with Gasteiger partial charge in [-0.3, -0.25) is 19.2 Å². The molecule has 2 aliphatic rings. The molecule has 5 rings (SSSR count). The summed E-state index contributed by atoms with van der Waals surface area (Å²) in [6.45, 7) is -0.122. The summed E-state index contributed by atoms with van der Waals surface area (Å²) in [4.78, 5) is 39.8. The number of amides is 2. The summed E-state index contributed by atoms with van der Waals surface area (Å²) in [5.41, 5.74) is -0.894. The van der Waals surface area contributed by atoms with E-state index in [9.17, 15) is 27.6 Å². The maximum atomic E-state index is 13.5. The van der Waals surface area contributed by atoms with Gasteiger partial charge in [0.2, 0.25) is 0 Å². The lowest BCUT2D eigenvalue weighted by Crippen LogP contribution is -2.55. The van der Waals surface area contributed by atoms with Crippen molar-refractivity contribution in [2.75, 3.05) is 7.11 Å². The molecule has 2 amide bonds. The van der Waals surface area contributed by atoms with Crippen molar-refractivity contribution in [3.63, 3.8) is 0 Å². The Morgan fingerprint density at radius 2 is 1.92 bits per heavy atom. The van der Waals surface area contributed by atoms with E-state index >= 15 is 0 Å². The fourth-order valence-corrected chi connectivity index (χ4v) is 6.17. The smallest absolute Gasteiger partial charge is 0.416 e. The van der Waals surface area contributed by atoms with Crippen LogP contribution in [0, 0.1) is 0 Å². The molecule has 1 saturated carbocycles. The van der Waals surface area contributed by atoms with Gasteiger partial charge in [0.25, 0.3) is 11.1 Å². The van der Waals surface area contributed by atoms with E-state index in [0.29, 0.717) is 42.1 Å². The zero-order valence-corrected chi connectivity index (χ0v) is 21.6. The predicted molar refractivity (Wildman–Crippen MR) is 136 cm³/mol. The number of imide groups is 1. The van der Waals surface area contributed by atoms with Gasteiger partial charge in [-0.15, -0.1) is 0 Å². The number of carbonyl (C=O) groups is 3. The van der Waals surface area contributed by atoms with E-state index in [2.05, 4.69) is 5.10 Å². The van der Waals surface area contributed by atoms with Crippen molar-refractivity contribution in [2.24, 2.45) is 0 Å². The van der Waals surface area contributed by atoms with Crippen LogP contribution in [0.25, 0.3) is 17.0 Å². The van der Waals surface area contributed by atoms with Crippen LogP contribution in [0.1, 0.15) is 42.4 Å². The molecule has 0 radical (unpaired) electrons. The number of benzene rings is 2. The fourth-order valence-electron chi connectivity index (χ4n) is 5.09. The molecule has 0 N–H and O–H groups in total. The van der Waals surface area contributed by atoms with Gasteiger partial charge in [-0.2, -0.15) is 18.3 Å². The SMILES string of the molecule is COC(=O)C1(N2C(=O)S/C(=C\c3ccc4c(cnn4Cc4ccc(Cl)cc4C(F)(F)F)c3)C2=O)CCCC1. The summed E-state index contributed by atoms with van der Waals surface area (Å²) >= 11 is 6.54. The summed E-state index contributed by atoms with van der Waals surface area (Å²) in [6, 6.07) is 8.73. The number of alkyl halides is 3. The van der Waals surface area contributed by atoms with Crippen molar-refractivity contribution in [2.45, 2.75) is 43.9 Å². The number of esters is 1. The van der Waals surface area contributed by atoms with Gasteiger partial charge < -0.3 is 4.74 Å². The fraction of sp³-hybridized carbons (Fsp3) is 0.308. The third-order valence-electron chi connectivity index (χ3n) is 6.88. The number of aromatic nitrogens is 2. The largest absolute Gasteiger partial charge is 0.467 e. The summed E-state index contributed by atoms with van der Waals surface area (Å²) in [5, 5.41) is 4.36. The lowest BCUT2D eigenvalue weighted by atomic mass is 9.95. The highest BCUT2D eigenvalue weighted by molar-refractivity contribution is 8.18. The summed E-state index contributed by atoms with van der Waals surface area (Å²) in [6.07, 6.45) is 0.646. The highest BCUT2D eigenvalue weighted by atomic mass is 35.5. The summed E-state index contributed by atoms with van der Waals surface area (Å²) < 4.78 is 46.9. The Bertz CT molecular complexity index is 1490. The molecule has 1 aliphatic carbocycles. The van der Waals surface area contributed by atoms with Crippen LogP contribution < -0.4 is 0 Å². The van der Waals surface area contributed by atoms with Gasteiger partial charge in [-0.1, -0.05) is 36.6 Å². The molecule has 12 heteroatoms. The van der Waals surface area contributed by atoms with E-state index in [1.807, 2.05) is 0 Å². The summed E-state index contributed by atoms with van der Waals surface area (Å²) in [5.74, 6) is -1.15. The quantitative estimate of drug-likeness (QED) is 0.268. The van der Waals surface area contributed by atoms with Crippen LogP contribution in [0.3, 0.4) is 0 Å². The third-order valence-corrected chi connectivity index (χ3v) is 7.98. The number of hydrogen-bond acceptors (Lipinski definition) is 6. The van der Waals surface area contributed by atoms with Crippen molar-refractivity contribution >= 4 is 57.5 Å². The topological polar surface area (TPSA) is 81.5 Å². The normalized spacial score (nSPS) is 18.7. The number of halogens is 4. The number of carbonyl (C=O) groups excluding carboxylic acids is 3. The van der Waals surface area contributed by atoms with E-state index < -0.39 is 34.4 Å². The first-order valence-corrected chi connectivity index (χ1v) is 12.9. The van der Waals surface area contributed by atoms with Gasteiger partial charge in [0, 0.05) is 10.4 Å². The van der Waals surface area contributed by atoms with Gasteiger partial charge in [-0.25, -0.2) is 4.79 Å². The Labute approximate surface area is 224 Å². The van der Waals surface area contributed by atoms with Gasteiger partial charge in [0.15, 0.2) is 0 Å². The van der Waals surface area contributed by atoms with Crippen LogP contribution in [-0.4, -0.2) is 44.4 Å². The van der Waals surface area contributed by atoms with Gasteiger partial charge >= 0.3 is 12.1 Å². The molecule has 1 aromatic heterocycles. The Hall–Kier alpha value is -3.31. The van der Waals surface area contributed by atoms with E-state index in [0.717, 1.165) is 22.7 Å². The molecule has 2 fully saturated rings. The Kier molecular flexibility index (Phi) is 6.77. The molecule has 198 valence electrons. The van der Waals surface area contributed by atoms with Crippen molar-refractivity contribution in [3.8, 4) is 0 Å². The second kappa shape index (κ2) is 9.77. The van der Waals surface area contributed by atoms with Crippen molar-refractivity contribution in [1.29, 1.82) is 0 Å². The molecular weight excluding hydrogens is 543 g/mol. The molecule has 0 atom stereocenters. The second-order valence-corrected chi connectivity index (χ2v) is 10.6. The lowest BCUT2D eigenvalue weighted by Gasteiger charge is -2.33. The molecule has 1 aliphatic heterocycles. The average Bonchev–Trinajstić information content (AvgIpc) is 3.58. The van der Waals surface area contributed by atoms with E-state index in [1.165, 1.54) is 30.1 Å². The molecular formula is C26H21ClF3N3O4S.